The highest BCUT2D eigenvalue weighted by Gasteiger charge is 2.13. The van der Waals surface area contributed by atoms with Crippen LogP contribution in [-0.4, -0.2) is 18.6 Å². The van der Waals surface area contributed by atoms with Gasteiger partial charge in [0.15, 0.2) is 5.76 Å². The van der Waals surface area contributed by atoms with E-state index in [4.69, 9.17) is 32.4 Å². The van der Waals surface area contributed by atoms with Gasteiger partial charge in [0.05, 0.1) is 17.4 Å². The molecule has 4 nitrogen and oxygen atoms in total. The molecule has 0 radical (unpaired) electrons. The van der Waals surface area contributed by atoms with Crippen molar-refractivity contribution < 1.29 is 13.9 Å². The molecule has 21 heavy (non-hydrogen) atoms. The first-order valence-corrected chi connectivity index (χ1v) is 7.35. The van der Waals surface area contributed by atoms with E-state index in [0.717, 1.165) is 0 Å². The van der Waals surface area contributed by atoms with E-state index in [0.29, 0.717) is 23.1 Å². The largest absolute Gasteiger partial charge is 0.487 e. The smallest absolute Gasteiger partial charge is 0.287 e. The number of hydrogen-bond acceptors (Lipinski definition) is 3. The average Bonchev–Trinajstić information content (AvgIpc) is 2.96. The second kappa shape index (κ2) is 7.38. The molecule has 2 rings (SSSR count). The van der Waals surface area contributed by atoms with Gasteiger partial charge >= 0.3 is 0 Å². The monoisotopic (exact) mass is 327 g/mol. The molecule has 0 aliphatic rings. The molecule has 0 fully saturated rings. The molecule has 1 amide bonds. The van der Waals surface area contributed by atoms with Gasteiger partial charge < -0.3 is 14.5 Å². The van der Waals surface area contributed by atoms with Crippen LogP contribution < -0.4 is 10.1 Å². The summed E-state index contributed by atoms with van der Waals surface area (Å²) in [5, 5.41) is 3.27. The molecule has 0 spiro atoms. The van der Waals surface area contributed by atoms with Crippen LogP contribution in [0.1, 0.15) is 23.2 Å². The lowest BCUT2D eigenvalue weighted by Gasteiger charge is -2.15. The number of para-hydroxylation sites is 1. The summed E-state index contributed by atoms with van der Waals surface area (Å²) in [7, 11) is 0. The van der Waals surface area contributed by atoms with Crippen molar-refractivity contribution in [3.05, 3.63) is 52.9 Å². The number of alkyl halides is 1. The normalized spacial score (nSPS) is 12.0. The highest BCUT2D eigenvalue weighted by molar-refractivity contribution is 6.32. The van der Waals surface area contributed by atoms with Crippen LogP contribution in [-0.2, 0) is 5.88 Å². The van der Waals surface area contributed by atoms with Gasteiger partial charge in [-0.3, -0.25) is 4.79 Å². The number of benzene rings is 1. The summed E-state index contributed by atoms with van der Waals surface area (Å²) in [6.45, 7) is 2.18. The van der Waals surface area contributed by atoms with Gasteiger partial charge in [-0.15, -0.1) is 11.6 Å². The number of hydrogen-bond donors (Lipinski definition) is 1. The quantitative estimate of drug-likeness (QED) is 0.819. The van der Waals surface area contributed by atoms with E-state index >= 15 is 0 Å². The van der Waals surface area contributed by atoms with Crippen LogP contribution in [0.4, 0.5) is 0 Å². The molecule has 1 atom stereocenters. The van der Waals surface area contributed by atoms with Crippen molar-refractivity contribution in [2.24, 2.45) is 0 Å². The molecule has 0 saturated carbocycles. The van der Waals surface area contributed by atoms with Crippen LogP contribution in [0.25, 0.3) is 0 Å². The Hall–Kier alpha value is -1.65. The summed E-state index contributed by atoms with van der Waals surface area (Å²) in [6.07, 6.45) is -0.226. The van der Waals surface area contributed by atoms with Crippen molar-refractivity contribution in [2.45, 2.75) is 18.9 Å². The molecular formula is C15H15Cl2NO3. The van der Waals surface area contributed by atoms with E-state index in [1.165, 1.54) is 0 Å². The molecule has 2 aromatic rings. The topological polar surface area (TPSA) is 51.5 Å². The Kier molecular flexibility index (Phi) is 5.53. The minimum absolute atomic E-state index is 0.226. The number of rotatable bonds is 6. The van der Waals surface area contributed by atoms with E-state index < -0.39 is 0 Å². The lowest BCUT2D eigenvalue weighted by Crippen LogP contribution is -2.33. The molecule has 112 valence electrons. The second-order valence-electron chi connectivity index (χ2n) is 4.47. The first-order chi connectivity index (χ1) is 10.1. The molecule has 0 bridgehead atoms. The molecule has 6 heteroatoms. The third-order valence-electron chi connectivity index (χ3n) is 2.73. The molecule has 1 N–H and O–H groups in total. The second-order valence-corrected chi connectivity index (χ2v) is 5.14. The zero-order valence-corrected chi connectivity index (χ0v) is 12.9. The highest BCUT2D eigenvalue weighted by Crippen LogP contribution is 2.24. The van der Waals surface area contributed by atoms with Crippen molar-refractivity contribution in [1.82, 2.24) is 5.32 Å². The fourth-order valence-electron chi connectivity index (χ4n) is 1.69. The number of halogens is 2. The Morgan fingerprint density at radius 3 is 2.76 bits per heavy atom. The van der Waals surface area contributed by atoms with Gasteiger partial charge in [0, 0.05) is 0 Å². The van der Waals surface area contributed by atoms with Crippen molar-refractivity contribution in [1.29, 1.82) is 0 Å². The van der Waals surface area contributed by atoms with Gasteiger partial charge in [-0.25, -0.2) is 0 Å². The zero-order valence-electron chi connectivity index (χ0n) is 11.4. The minimum atomic E-state index is -0.305. The van der Waals surface area contributed by atoms with E-state index in [1.54, 1.807) is 24.3 Å². The van der Waals surface area contributed by atoms with Crippen LogP contribution in [0.15, 0.2) is 40.8 Å². The maximum Gasteiger partial charge on any atom is 0.287 e. The molecule has 0 aliphatic carbocycles. The summed E-state index contributed by atoms with van der Waals surface area (Å²) < 4.78 is 10.9. The average molecular weight is 328 g/mol. The number of furan rings is 1. The van der Waals surface area contributed by atoms with Crippen LogP contribution >= 0.6 is 23.2 Å². The van der Waals surface area contributed by atoms with E-state index in [9.17, 15) is 4.79 Å². The van der Waals surface area contributed by atoms with Gasteiger partial charge in [0.1, 0.15) is 17.6 Å². The highest BCUT2D eigenvalue weighted by atomic mass is 35.5. The summed E-state index contributed by atoms with van der Waals surface area (Å²) in [5.74, 6) is 1.31. The summed E-state index contributed by atoms with van der Waals surface area (Å²) in [5.41, 5.74) is 0. The van der Waals surface area contributed by atoms with Crippen LogP contribution in [0.5, 0.6) is 5.75 Å². The molecule has 0 saturated heterocycles. The van der Waals surface area contributed by atoms with Crippen molar-refractivity contribution >= 4 is 29.1 Å². The summed E-state index contributed by atoms with van der Waals surface area (Å²) in [4.78, 5) is 11.9. The lowest BCUT2D eigenvalue weighted by molar-refractivity contribution is 0.0903. The Labute approximate surface area is 133 Å². The Balaban J connectivity index is 1.85. The molecule has 1 heterocycles. The lowest BCUT2D eigenvalue weighted by atomic mass is 10.3. The number of carbonyl (C=O) groups is 1. The summed E-state index contributed by atoms with van der Waals surface area (Å²) in [6, 6.07) is 10.5. The Morgan fingerprint density at radius 2 is 2.10 bits per heavy atom. The number of carbonyl (C=O) groups excluding carboxylic acids is 1. The van der Waals surface area contributed by atoms with Crippen LogP contribution in [0.2, 0.25) is 5.02 Å². The zero-order chi connectivity index (χ0) is 15.2. The third-order valence-corrected chi connectivity index (χ3v) is 3.31. The SMILES string of the molecule is CC(CNC(=O)c1ccc(CCl)o1)Oc1ccccc1Cl. The Morgan fingerprint density at radius 1 is 1.33 bits per heavy atom. The standard InChI is InChI=1S/C15H15Cl2NO3/c1-10(20-13-5-3-2-4-12(13)17)9-18-15(19)14-7-6-11(8-16)21-14/h2-7,10H,8-9H2,1H3,(H,18,19). The fourth-order valence-corrected chi connectivity index (χ4v) is 2.02. The predicted octanol–water partition coefficient (Wildman–Crippen LogP) is 3.87. The van der Waals surface area contributed by atoms with Crippen molar-refractivity contribution in [3.63, 3.8) is 0 Å². The van der Waals surface area contributed by atoms with Gasteiger partial charge in [0.2, 0.25) is 0 Å². The fraction of sp³-hybridized carbons (Fsp3) is 0.267. The van der Waals surface area contributed by atoms with Gasteiger partial charge in [-0.05, 0) is 31.2 Å². The molecule has 1 aromatic carbocycles. The van der Waals surface area contributed by atoms with E-state index in [1.807, 2.05) is 19.1 Å². The first kappa shape index (κ1) is 15.7. The number of amides is 1. The minimum Gasteiger partial charge on any atom is -0.487 e. The van der Waals surface area contributed by atoms with Crippen LogP contribution in [0.3, 0.4) is 0 Å². The Bertz CT molecular complexity index is 612. The van der Waals surface area contributed by atoms with Gasteiger partial charge in [-0.2, -0.15) is 0 Å². The van der Waals surface area contributed by atoms with Crippen LogP contribution in [0, 0.1) is 0 Å². The van der Waals surface area contributed by atoms with E-state index in [2.05, 4.69) is 5.32 Å². The molecule has 1 unspecified atom stereocenters. The molecule has 1 aromatic heterocycles. The number of ether oxygens (including phenoxy) is 1. The maximum atomic E-state index is 11.9. The third kappa shape index (κ3) is 4.41. The van der Waals surface area contributed by atoms with Gasteiger partial charge in [-0.1, -0.05) is 23.7 Å². The van der Waals surface area contributed by atoms with Gasteiger partial charge in [0.25, 0.3) is 5.91 Å². The first-order valence-electron chi connectivity index (χ1n) is 6.44. The maximum absolute atomic E-state index is 11.9. The predicted molar refractivity (Wildman–Crippen MR) is 82.1 cm³/mol. The molecular weight excluding hydrogens is 313 g/mol. The van der Waals surface area contributed by atoms with E-state index in [-0.39, 0.29) is 23.7 Å². The van der Waals surface area contributed by atoms with Crippen molar-refractivity contribution in [2.75, 3.05) is 6.54 Å². The number of nitrogens with one attached hydrogen (secondary N) is 1. The summed E-state index contributed by atoms with van der Waals surface area (Å²) >= 11 is 11.6. The molecule has 0 aliphatic heterocycles. The van der Waals surface area contributed by atoms with Crippen molar-refractivity contribution in [3.8, 4) is 5.75 Å².